The molecule has 2 aromatic carbocycles. The molecule has 3 fully saturated rings. The van der Waals surface area contributed by atoms with Crippen LogP contribution in [0.25, 0.3) is 0 Å². The summed E-state index contributed by atoms with van der Waals surface area (Å²) in [5, 5.41) is 20.2. The number of carboxylic acid groups (broad SMARTS) is 1. The number of imide groups is 2. The van der Waals surface area contributed by atoms with Crippen molar-refractivity contribution in [2.75, 3.05) is 12.0 Å². The topological polar surface area (TPSA) is 157 Å². The minimum Gasteiger partial charge on any atom is -0.481 e. The maximum Gasteiger partial charge on any atom is 0.305 e. The lowest BCUT2D eigenvalue weighted by Crippen LogP contribution is -2.53. The van der Waals surface area contributed by atoms with Gasteiger partial charge in [0.1, 0.15) is 23.5 Å². The quantitative estimate of drug-likeness (QED) is 0.252. The number of amides is 4. The average Bonchev–Trinajstić information content (AvgIpc) is 3.69. The molecule has 0 radical (unpaired) electrons. The lowest BCUT2D eigenvalue weighted by Gasteiger charge is -2.49. The maximum absolute atomic E-state index is 15.0. The van der Waals surface area contributed by atoms with Gasteiger partial charge in [0.05, 0.1) is 35.8 Å². The number of carboxylic acids is 1. The number of carbonyl (C=O) groups is 5. The summed E-state index contributed by atoms with van der Waals surface area (Å²) in [6.07, 6.45) is 1.87. The van der Waals surface area contributed by atoms with E-state index in [0.717, 1.165) is 21.0 Å². The molecule has 4 aliphatic rings. The summed E-state index contributed by atoms with van der Waals surface area (Å²) in [5.74, 6) is -6.15. The maximum atomic E-state index is 15.0. The fourth-order valence-corrected chi connectivity index (χ4v) is 8.18. The summed E-state index contributed by atoms with van der Waals surface area (Å²) >= 11 is 0. The van der Waals surface area contributed by atoms with Crippen molar-refractivity contribution in [1.82, 2.24) is 9.91 Å². The number of nitrogens with one attached hydrogen (secondary N) is 1. The molecule has 1 saturated carbocycles. The Morgan fingerprint density at radius 1 is 0.957 bits per heavy atom. The summed E-state index contributed by atoms with van der Waals surface area (Å²) in [7, 11) is 0. The highest BCUT2D eigenvalue weighted by Gasteiger charge is 2.71. The van der Waals surface area contributed by atoms with E-state index in [9.17, 15) is 34.2 Å². The highest BCUT2D eigenvalue weighted by molar-refractivity contribution is 6.13. The second-order valence-corrected chi connectivity index (χ2v) is 12.5. The van der Waals surface area contributed by atoms with E-state index in [0.29, 0.717) is 17.0 Å². The SMILES string of the molecule is Cc1ccc(NN2C(=O)C3CC4C(=CCC5C(=O)N(CCC(=O)O)C(=O)C54)C(c4ccc(CO)o4)C3(c3ccccc3)C2=O)cc1. The number of nitrogens with zero attached hydrogens (tertiary/aromatic N) is 2. The fourth-order valence-electron chi connectivity index (χ4n) is 8.18. The number of benzene rings is 2. The van der Waals surface area contributed by atoms with Crippen LogP contribution in [0.2, 0.25) is 0 Å². The number of anilines is 1. The van der Waals surface area contributed by atoms with E-state index >= 15 is 0 Å². The molecule has 11 heteroatoms. The van der Waals surface area contributed by atoms with E-state index < -0.39 is 64.6 Å². The summed E-state index contributed by atoms with van der Waals surface area (Å²) in [6, 6.07) is 19.7. The van der Waals surface area contributed by atoms with Crippen LogP contribution in [-0.2, 0) is 36.0 Å². The van der Waals surface area contributed by atoms with E-state index in [-0.39, 0.29) is 38.2 Å². The predicted molar refractivity (Wildman–Crippen MR) is 162 cm³/mol. The Balaban J connectivity index is 1.40. The second kappa shape index (κ2) is 11.1. The number of aliphatic hydroxyl groups excluding tert-OH is 1. The molecule has 6 unspecified atom stereocenters. The molecule has 46 heavy (non-hydrogen) atoms. The molecule has 3 N–H and O–H groups in total. The normalized spacial score (nSPS) is 28.6. The standard InChI is InChI=1S/C35H33N3O8/c1-19-7-9-21(10-8-19)36-38-32(43)26-17-25-23(12-13-24-29(25)33(44)37(31(24)42)16-15-28(40)41)30(27-14-11-22(18-39)46-27)35(26,34(38)45)20-5-3-2-4-6-20/h2-12,14,24-26,29-30,36,39H,13,15-18H2,1H3,(H,40,41). The van der Waals surface area contributed by atoms with Gasteiger partial charge in [0.25, 0.3) is 11.8 Å². The first-order chi connectivity index (χ1) is 22.2. The van der Waals surface area contributed by atoms with Gasteiger partial charge in [-0.05, 0) is 55.5 Å². The molecule has 0 spiro atoms. The van der Waals surface area contributed by atoms with Gasteiger partial charge in [-0.15, -0.1) is 0 Å². The van der Waals surface area contributed by atoms with E-state index in [4.69, 9.17) is 4.42 Å². The highest BCUT2D eigenvalue weighted by Crippen LogP contribution is 2.64. The molecular weight excluding hydrogens is 590 g/mol. The van der Waals surface area contributed by atoms with Gasteiger partial charge >= 0.3 is 5.97 Å². The van der Waals surface area contributed by atoms with Crippen LogP contribution in [0.5, 0.6) is 0 Å². The van der Waals surface area contributed by atoms with Gasteiger partial charge in [0.2, 0.25) is 11.8 Å². The number of likely N-dealkylation sites (tertiary alicyclic amines) is 1. The Kier molecular flexibility index (Phi) is 7.16. The van der Waals surface area contributed by atoms with Crippen LogP contribution < -0.4 is 5.43 Å². The Morgan fingerprint density at radius 2 is 1.70 bits per heavy atom. The molecule has 2 aliphatic heterocycles. The molecule has 11 nitrogen and oxygen atoms in total. The van der Waals surface area contributed by atoms with Crippen molar-refractivity contribution in [3.8, 4) is 0 Å². The first-order valence-electron chi connectivity index (χ1n) is 15.4. The summed E-state index contributed by atoms with van der Waals surface area (Å²) in [6.45, 7) is 1.33. The number of hydrogen-bond donors (Lipinski definition) is 3. The zero-order valence-electron chi connectivity index (χ0n) is 25.1. The van der Waals surface area contributed by atoms with Crippen molar-refractivity contribution in [2.45, 2.75) is 44.1 Å². The van der Waals surface area contributed by atoms with Crippen molar-refractivity contribution in [2.24, 2.45) is 23.7 Å². The molecule has 3 heterocycles. The lowest BCUT2D eigenvalue weighted by atomic mass is 9.50. The van der Waals surface area contributed by atoms with E-state index in [2.05, 4.69) is 5.43 Å². The van der Waals surface area contributed by atoms with Crippen LogP contribution in [0.4, 0.5) is 5.69 Å². The molecule has 2 aliphatic carbocycles. The monoisotopic (exact) mass is 623 g/mol. The van der Waals surface area contributed by atoms with Gasteiger partial charge in [-0.1, -0.05) is 59.7 Å². The van der Waals surface area contributed by atoms with Crippen molar-refractivity contribution >= 4 is 35.3 Å². The highest BCUT2D eigenvalue weighted by atomic mass is 16.4. The smallest absolute Gasteiger partial charge is 0.305 e. The number of hydrogen-bond acceptors (Lipinski definition) is 8. The van der Waals surface area contributed by atoms with Crippen LogP contribution in [-0.4, -0.2) is 56.3 Å². The molecule has 0 bridgehead atoms. The van der Waals surface area contributed by atoms with E-state index in [1.807, 2.05) is 55.5 Å². The second-order valence-electron chi connectivity index (χ2n) is 12.5. The van der Waals surface area contributed by atoms with Gasteiger partial charge < -0.3 is 14.6 Å². The van der Waals surface area contributed by atoms with Crippen LogP contribution in [0.1, 0.15) is 47.8 Å². The number of fused-ring (bicyclic) bond motifs is 4. The molecule has 1 aromatic heterocycles. The van der Waals surface area contributed by atoms with E-state index in [1.165, 1.54) is 0 Å². The predicted octanol–water partition coefficient (Wildman–Crippen LogP) is 3.54. The molecular formula is C35H33N3O8. The lowest BCUT2D eigenvalue weighted by molar-refractivity contribution is -0.143. The minimum absolute atomic E-state index is 0.119. The average molecular weight is 624 g/mol. The van der Waals surface area contributed by atoms with Crippen LogP contribution >= 0.6 is 0 Å². The molecule has 4 amide bonds. The number of aliphatic hydroxyl groups is 1. The summed E-state index contributed by atoms with van der Waals surface area (Å²) in [5.41, 5.74) is 4.47. The summed E-state index contributed by atoms with van der Waals surface area (Å²) < 4.78 is 6.15. The third-order valence-corrected chi connectivity index (χ3v) is 10.2. The number of hydrazine groups is 1. The third-order valence-electron chi connectivity index (χ3n) is 10.2. The van der Waals surface area contributed by atoms with Crippen molar-refractivity contribution in [1.29, 1.82) is 0 Å². The largest absolute Gasteiger partial charge is 0.481 e. The van der Waals surface area contributed by atoms with Gasteiger partial charge in [-0.25, -0.2) is 0 Å². The first kappa shape index (κ1) is 29.7. The molecule has 236 valence electrons. The van der Waals surface area contributed by atoms with Crippen molar-refractivity contribution in [3.63, 3.8) is 0 Å². The number of rotatable bonds is 8. The number of furan rings is 1. The molecule has 3 aromatic rings. The van der Waals surface area contributed by atoms with Crippen molar-refractivity contribution < 1.29 is 38.6 Å². The van der Waals surface area contributed by atoms with Crippen LogP contribution in [0.15, 0.2) is 82.8 Å². The van der Waals surface area contributed by atoms with Gasteiger partial charge in [0.15, 0.2) is 0 Å². The molecule has 7 rings (SSSR count). The van der Waals surface area contributed by atoms with Crippen molar-refractivity contribution in [3.05, 3.63) is 101 Å². The zero-order chi connectivity index (χ0) is 32.3. The third kappa shape index (κ3) is 4.33. The Bertz CT molecular complexity index is 1780. The van der Waals surface area contributed by atoms with Crippen LogP contribution in [0, 0.1) is 30.6 Å². The number of aliphatic carboxylic acids is 1. The fraction of sp³-hybridized carbons (Fsp3) is 0.343. The molecule has 6 atom stereocenters. The Labute approximate surface area is 264 Å². The molecule has 2 saturated heterocycles. The van der Waals surface area contributed by atoms with Gasteiger partial charge in [0, 0.05) is 6.54 Å². The Morgan fingerprint density at radius 3 is 2.37 bits per heavy atom. The zero-order valence-corrected chi connectivity index (χ0v) is 25.1. The number of allylic oxidation sites excluding steroid dienone is 2. The number of carbonyl (C=O) groups excluding carboxylic acids is 4. The van der Waals surface area contributed by atoms with Crippen LogP contribution in [0.3, 0.4) is 0 Å². The first-order valence-corrected chi connectivity index (χ1v) is 15.4. The Hall–Kier alpha value is -5.03. The van der Waals surface area contributed by atoms with E-state index in [1.54, 1.807) is 24.3 Å². The van der Waals surface area contributed by atoms with Gasteiger partial charge in [-0.3, -0.25) is 34.3 Å². The minimum atomic E-state index is -1.47. The number of aryl methyl sites for hydroxylation is 1. The van der Waals surface area contributed by atoms with Gasteiger partial charge in [-0.2, -0.15) is 5.01 Å². The summed E-state index contributed by atoms with van der Waals surface area (Å²) in [4.78, 5) is 69.2.